The van der Waals surface area contributed by atoms with Gasteiger partial charge in [0.05, 0.1) is 0 Å². The zero-order chi connectivity index (χ0) is 7.40. The lowest BCUT2D eigenvalue weighted by molar-refractivity contribution is 0.131. The van der Waals surface area contributed by atoms with E-state index in [9.17, 15) is 0 Å². The van der Waals surface area contributed by atoms with Crippen molar-refractivity contribution in [2.24, 2.45) is 0 Å². The van der Waals surface area contributed by atoms with Gasteiger partial charge in [-0.15, -0.1) is 0 Å². The van der Waals surface area contributed by atoms with Crippen LogP contribution >= 0.6 is 22.6 Å². The van der Waals surface area contributed by atoms with E-state index in [-0.39, 0.29) is 6.10 Å². The van der Waals surface area contributed by atoms with Gasteiger partial charge in [0, 0.05) is 3.92 Å². The van der Waals surface area contributed by atoms with Crippen LogP contribution in [-0.4, -0.2) is 10.0 Å². The van der Waals surface area contributed by atoms with E-state index in [1.165, 1.54) is 19.3 Å². The summed E-state index contributed by atoms with van der Waals surface area (Å²) < 4.78 is 5.44. The molecule has 0 aromatic heterocycles. The number of halogens is 1. The third-order valence-corrected chi connectivity index (χ3v) is 3.25. The summed E-state index contributed by atoms with van der Waals surface area (Å²) in [5, 5.41) is 8.26. The lowest BCUT2D eigenvalue weighted by Crippen LogP contribution is -2.26. The van der Waals surface area contributed by atoms with E-state index < -0.39 is 0 Å². The van der Waals surface area contributed by atoms with Crippen LogP contribution < -0.4 is 0 Å². The maximum Gasteiger partial charge on any atom is 0.286 e. The van der Waals surface area contributed by atoms with Gasteiger partial charge in [0.1, 0.15) is 6.10 Å². The maximum atomic E-state index is 8.26. The lowest BCUT2D eigenvalue weighted by Gasteiger charge is -2.24. The zero-order valence-corrected chi connectivity index (χ0v) is 7.87. The molecule has 1 aliphatic carbocycles. The van der Waals surface area contributed by atoms with Crippen LogP contribution in [0.3, 0.4) is 0 Å². The van der Waals surface area contributed by atoms with Gasteiger partial charge in [0.2, 0.25) is 0 Å². The molecule has 0 saturated heterocycles. The summed E-state index contributed by atoms with van der Waals surface area (Å²) >= 11 is 2.37. The summed E-state index contributed by atoms with van der Waals surface area (Å²) in [6.07, 6.45) is 6.72. The van der Waals surface area contributed by atoms with Crippen molar-refractivity contribution in [3.05, 3.63) is 0 Å². The van der Waals surface area contributed by atoms with Gasteiger partial charge in [-0.05, 0) is 19.3 Å². The molecule has 2 unspecified atom stereocenters. The van der Waals surface area contributed by atoms with Gasteiger partial charge in [-0.3, -0.25) is 0 Å². The molecule has 1 aliphatic rings. The Morgan fingerprint density at radius 1 is 1.40 bits per heavy atom. The second-order valence-corrected chi connectivity index (χ2v) is 4.15. The normalized spacial score (nSPS) is 32.8. The fourth-order valence-corrected chi connectivity index (χ4v) is 2.20. The van der Waals surface area contributed by atoms with E-state index in [2.05, 4.69) is 22.6 Å². The quantitative estimate of drug-likeness (QED) is 0.406. The van der Waals surface area contributed by atoms with Crippen LogP contribution in [0, 0.1) is 11.5 Å². The Balaban J connectivity index is 2.34. The molecule has 0 heterocycles. The van der Waals surface area contributed by atoms with Crippen molar-refractivity contribution in [2.75, 3.05) is 0 Å². The lowest BCUT2D eigenvalue weighted by atomic mass is 9.98. The molecule has 0 aromatic carbocycles. The molecule has 10 heavy (non-hydrogen) atoms. The fourth-order valence-electron chi connectivity index (χ4n) is 1.25. The number of hydrogen-bond acceptors (Lipinski definition) is 2. The molecule has 2 atom stereocenters. The Bertz CT molecular complexity index is 143. The number of nitriles is 1. The first-order valence-electron chi connectivity index (χ1n) is 3.53. The topological polar surface area (TPSA) is 33.0 Å². The van der Waals surface area contributed by atoms with Crippen molar-refractivity contribution in [3.63, 3.8) is 0 Å². The minimum atomic E-state index is 0.194. The van der Waals surface area contributed by atoms with Crippen LogP contribution in [0.5, 0.6) is 0 Å². The van der Waals surface area contributed by atoms with Gasteiger partial charge in [0.25, 0.3) is 6.26 Å². The molecule has 0 aliphatic heterocycles. The molecule has 0 bridgehead atoms. The fraction of sp³-hybridized carbons (Fsp3) is 0.857. The third kappa shape index (κ3) is 2.01. The Morgan fingerprint density at radius 2 is 2.10 bits per heavy atom. The highest BCUT2D eigenvalue weighted by Gasteiger charge is 2.23. The number of alkyl halides is 1. The van der Waals surface area contributed by atoms with E-state index >= 15 is 0 Å². The predicted octanol–water partition coefficient (Wildman–Crippen LogP) is 2.23. The molecule has 1 fully saturated rings. The number of hydrogen-bond donors (Lipinski definition) is 0. The van der Waals surface area contributed by atoms with Crippen LogP contribution in [0.1, 0.15) is 25.7 Å². The smallest absolute Gasteiger partial charge is 0.286 e. The number of nitrogens with zero attached hydrogens (tertiary/aromatic N) is 1. The van der Waals surface area contributed by atoms with E-state index in [4.69, 9.17) is 10.00 Å². The average Bonchev–Trinajstić information content (AvgIpc) is 1.94. The van der Waals surface area contributed by atoms with Crippen molar-refractivity contribution in [1.29, 1.82) is 5.26 Å². The second kappa shape index (κ2) is 4.02. The van der Waals surface area contributed by atoms with Crippen molar-refractivity contribution in [1.82, 2.24) is 0 Å². The molecule has 0 amide bonds. The molecule has 1 rings (SSSR count). The molecular weight excluding hydrogens is 241 g/mol. The van der Waals surface area contributed by atoms with Gasteiger partial charge in [-0.25, -0.2) is 0 Å². The Hall–Kier alpha value is 0.0200. The molecule has 0 radical (unpaired) electrons. The minimum absolute atomic E-state index is 0.194. The van der Waals surface area contributed by atoms with Crippen molar-refractivity contribution >= 4 is 22.6 Å². The monoisotopic (exact) mass is 251 g/mol. The van der Waals surface area contributed by atoms with Crippen LogP contribution in [0.4, 0.5) is 0 Å². The predicted molar refractivity (Wildman–Crippen MR) is 46.8 cm³/mol. The number of ether oxygens (including phenoxy) is 1. The van der Waals surface area contributed by atoms with Crippen LogP contribution in [0.15, 0.2) is 0 Å². The molecule has 1 saturated carbocycles. The van der Waals surface area contributed by atoms with Crippen LogP contribution in [0.2, 0.25) is 0 Å². The molecule has 2 nitrogen and oxygen atoms in total. The molecule has 3 heteroatoms. The van der Waals surface area contributed by atoms with Gasteiger partial charge >= 0.3 is 0 Å². The van der Waals surface area contributed by atoms with Crippen LogP contribution in [-0.2, 0) is 4.74 Å². The zero-order valence-electron chi connectivity index (χ0n) is 5.72. The van der Waals surface area contributed by atoms with Gasteiger partial charge in [-0.2, -0.15) is 5.26 Å². The van der Waals surface area contributed by atoms with Gasteiger partial charge < -0.3 is 4.74 Å². The summed E-state index contributed by atoms with van der Waals surface area (Å²) in [7, 11) is 0. The Kier molecular flexibility index (Phi) is 3.26. The maximum absolute atomic E-state index is 8.26. The van der Waals surface area contributed by atoms with E-state index in [0.717, 1.165) is 6.42 Å². The summed E-state index contributed by atoms with van der Waals surface area (Å²) in [6.45, 7) is 0. The summed E-state index contributed by atoms with van der Waals surface area (Å²) in [5.74, 6) is 0. The minimum Gasteiger partial charge on any atom is -0.423 e. The van der Waals surface area contributed by atoms with Crippen molar-refractivity contribution < 1.29 is 4.74 Å². The van der Waals surface area contributed by atoms with Crippen LogP contribution in [0.25, 0.3) is 0 Å². The van der Waals surface area contributed by atoms with E-state index in [1.807, 2.05) is 0 Å². The molecule has 0 spiro atoms. The molecule has 0 N–H and O–H groups in total. The molecular formula is C7H10INO. The first-order chi connectivity index (χ1) is 4.84. The van der Waals surface area contributed by atoms with Gasteiger partial charge in [-0.1, -0.05) is 29.0 Å². The highest BCUT2D eigenvalue weighted by atomic mass is 127. The van der Waals surface area contributed by atoms with E-state index in [0.29, 0.717) is 3.92 Å². The highest BCUT2D eigenvalue weighted by Crippen LogP contribution is 2.26. The summed E-state index contributed by atoms with van der Waals surface area (Å²) in [5.41, 5.74) is 0. The third-order valence-electron chi connectivity index (χ3n) is 1.83. The molecule has 56 valence electrons. The molecule has 0 aromatic rings. The Morgan fingerprint density at radius 3 is 2.70 bits per heavy atom. The summed E-state index contributed by atoms with van der Waals surface area (Å²) in [4.78, 5) is 0. The standard InChI is InChI=1S/C7H10INO/c8-6-3-1-2-4-7(6)10-5-9/h6-7H,1-4H2. The van der Waals surface area contributed by atoms with Crippen molar-refractivity contribution in [3.8, 4) is 6.26 Å². The first kappa shape index (κ1) is 8.12. The highest BCUT2D eigenvalue weighted by molar-refractivity contribution is 14.1. The largest absolute Gasteiger partial charge is 0.423 e. The number of rotatable bonds is 1. The van der Waals surface area contributed by atoms with Gasteiger partial charge in [0.15, 0.2) is 0 Å². The first-order valence-corrected chi connectivity index (χ1v) is 4.78. The van der Waals surface area contributed by atoms with Crippen molar-refractivity contribution in [2.45, 2.75) is 35.7 Å². The second-order valence-electron chi connectivity index (χ2n) is 2.55. The average molecular weight is 251 g/mol. The summed E-state index contributed by atoms with van der Waals surface area (Å²) in [6, 6.07) is 0. The SMILES string of the molecule is N#COC1CCCCC1I. The Labute approximate surface area is 74.7 Å². The van der Waals surface area contributed by atoms with E-state index in [1.54, 1.807) is 6.26 Å².